The maximum absolute atomic E-state index is 11.5. The Kier molecular flexibility index (Phi) is 6.99. The van der Waals surface area contributed by atoms with Gasteiger partial charge in [0, 0.05) is 13.8 Å². The minimum Gasteiger partial charge on any atom is -0.478 e. The van der Waals surface area contributed by atoms with Gasteiger partial charge in [0.1, 0.15) is 0 Å². The number of carboxylic acid groups (broad SMARTS) is 3. The number of aliphatic carboxylic acids is 3. The molecule has 3 N–H and O–H groups in total. The molecule has 0 aromatic heterocycles. The summed E-state index contributed by atoms with van der Waals surface area (Å²) in [5.41, 5.74) is 0. The lowest BCUT2D eigenvalue weighted by molar-refractivity contribution is -0.348. The number of rotatable bonds is 10. The van der Waals surface area contributed by atoms with Crippen molar-refractivity contribution in [1.82, 2.24) is 0 Å². The fraction of sp³-hybridized carbons (Fsp3) is 0.692. The highest BCUT2D eigenvalue weighted by Crippen LogP contribution is 2.34. The van der Waals surface area contributed by atoms with E-state index in [9.17, 15) is 29.4 Å². The molecule has 0 fully saturated rings. The van der Waals surface area contributed by atoms with E-state index in [0.717, 1.165) is 27.7 Å². The predicted molar refractivity (Wildman–Crippen MR) is 82.2 cm³/mol. The normalized spacial score (nSPS) is 21.1. The molecule has 0 saturated carbocycles. The van der Waals surface area contributed by atoms with Gasteiger partial charge in [-0.1, -0.05) is 23.2 Å². The molecule has 25 heavy (non-hydrogen) atoms. The number of carboxylic acids is 3. The van der Waals surface area contributed by atoms with Gasteiger partial charge in [-0.15, -0.1) is 0 Å². The van der Waals surface area contributed by atoms with Crippen molar-refractivity contribution in [2.24, 2.45) is 0 Å². The minimum atomic E-state index is -2.88. The summed E-state index contributed by atoms with van der Waals surface area (Å²) in [5, 5.41) is 22.8. The lowest BCUT2D eigenvalue weighted by Gasteiger charge is -2.39. The Labute approximate surface area is 152 Å². The van der Waals surface area contributed by atoms with Gasteiger partial charge in [0.25, 0.3) is 11.6 Å². The number of alkyl halides is 2. The molecule has 0 saturated heterocycles. The molecule has 0 aliphatic heterocycles. The maximum Gasteiger partial charge on any atom is 0.364 e. The van der Waals surface area contributed by atoms with Crippen LogP contribution in [0.25, 0.3) is 0 Å². The van der Waals surface area contributed by atoms with E-state index in [2.05, 4.69) is 0 Å². The highest BCUT2D eigenvalue weighted by molar-refractivity contribution is 6.33. The van der Waals surface area contributed by atoms with E-state index in [1.54, 1.807) is 0 Å². The van der Waals surface area contributed by atoms with E-state index in [4.69, 9.17) is 42.5 Å². The van der Waals surface area contributed by atoms with Crippen LogP contribution >= 0.6 is 23.2 Å². The largest absolute Gasteiger partial charge is 0.478 e. The van der Waals surface area contributed by atoms with Crippen LogP contribution in [-0.2, 0) is 33.4 Å². The highest BCUT2D eigenvalue weighted by Gasteiger charge is 2.55. The van der Waals surface area contributed by atoms with Crippen LogP contribution in [0.15, 0.2) is 0 Å². The summed E-state index contributed by atoms with van der Waals surface area (Å²) in [7, 11) is 0. The first-order valence-electron chi connectivity index (χ1n) is 6.59. The average molecular weight is 405 g/mol. The Morgan fingerprint density at radius 1 is 0.680 bits per heavy atom. The molecular formula is C13H18Cl2O10. The van der Waals surface area contributed by atoms with Crippen LogP contribution in [0, 0.1) is 0 Å². The van der Waals surface area contributed by atoms with Crippen molar-refractivity contribution in [1.29, 1.82) is 0 Å². The van der Waals surface area contributed by atoms with Crippen LogP contribution in [0.1, 0.15) is 34.6 Å². The Morgan fingerprint density at radius 2 is 1.00 bits per heavy atom. The fourth-order valence-corrected chi connectivity index (χ4v) is 1.73. The third-order valence-electron chi connectivity index (χ3n) is 2.95. The number of hydrogen-bond acceptors (Lipinski definition) is 7. The van der Waals surface area contributed by atoms with Crippen LogP contribution in [-0.4, -0.2) is 60.7 Å². The summed E-state index contributed by atoms with van der Waals surface area (Å²) in [6.07, 6.45) is 0. The zero-order valence-corrected chi connectivity index (χ0v) is 15.5. The molecule has 0 bridgehead atoms. The van der Waals surface area contributed by atoms with E-state index < -0.39 is 45.4 Å². The summed E-state index contributed by atoms with van der Waals surface area (Å²) in [6, 6.07) is 0. The van der Waals surface area contributed by atoms with Gasteiger partial charge < -0.3 is 24.8 Å². The molecule has 0 aromatic rings. The molecule has 0 spiro atoms. The molecule has 12 heteroatoms. The molecule has 0 aliphatic rings. The molecule has 0 aliphatic carbocycles. The number of ketones is 1. The van der Waals surface area contributed by atoms with Crippen molar-refractivity contribution < 1.29 is 48.7 Å². The first kappa shape index (κ1) is 23.5. The van der Waals surface area contributed by atoms with Crippen molar-refractivity contribution >= 4 is 46.9 Å². The molecular weight excluding hydrogens is 387 g/mol. The zero-order chi connectivity index (χ0) is 20.4. The van der Waals surface area contributed by atoms with Crippen molar-refractivity contribution in [3.63, 3.8) is 0 Å². The Morgan fingerprint density at radius 3 is 1.24 bits per heavy atom. The van der Waals surface area contributed by atoms with Crippen molar-refractivity contribution in [2.75, 3.05) is 0 Å². The predicted octanol–water partition coefficient (Wildman–Crippen LogP) is 1.22. The van der Waals surface area contributed by atoms with Crippen LogP contribution in [0.5, 0.6) is 0 Å². The maximum atomic E-state index is 11.5. The van der Waals surface area contributed by atoms with Crippen molar-refractivity contribution in [3.8, 4) is 0 Å². The van der Waals surface area contributed by atoms with E-state index in [1.165, 1.54) is 0 Å². The number of halogens is 2. The summed E-state index contributed by atoms with van der Waals surface area (Å²) < 4.78 is 14.6. The van der Waals surface area contributed by atoms with Crippen molar-refractivity contribution in [3.05, 3.63) is 0 Å². The van der Waals surface area contributed by atoms with Crippen LogP contribution < -0.4 is 0 Å². The van der Waals surface area contributed by atoms with Gasteiger partial charge in [0.05, 0.1) is 0 Å². The monoisotopic (exact) mass is 404 g/mol. The number of carbonyl (C=O) groups is 4. The molecule has 0 aromatic carbocycles. The van der Waals surface area contributed by atoms with Gasteiger partial charge in [0.15, 0.2) is 5.78 Å². The number of ether oxygens (including phenoxy) is 3. The summed E-state index contributed by atoms with van der Waals surface area (Å²) in [5.74, 6) is -12.0. The minimum absolute atomic E-state index is 0.711. The van der Waals surface area contributed by atoms with E-state index in [-0.39, 0.29) is 0 Å². The van der Waals surface area contributed by atoms with E-state index >= 15 is 0 Å². The molecule has 4 unspecified atom stereocenters. The van der Waals surface area contributed by atoms with Gasteiger partial charge in [-0.2, -0.15) is 0 Å². The summed E-state index contributed by atoms with van der Waals surface area (Å²) in [4.78, 5) is 45.4. The highest BCUT2D eigenvalue weighted by atomic mass is 35.5. The second kappa shape index (κ2) is 7.42. The molecule has 0 amide bonds. The third-order valence-corrected chi connectivity index (χ3v) is 3.53. The van der Waals surface area contributed by atoms with Gasteiger partial charge in [-0.3, -0.25) is 9.53 Å². The molecule has 0 radical (unpaired) electrons. The molecule has 144 valence electrons. The SMILES string of the molecule is CC(=O)C(C)(Cl)OC(C)(OC(C)(OC(C)(Cl)C(=O)O)C(=O)O)C(=O)O. The first-order valence-corrected chi connectivity index (χ1v) is 7.35. The lowest BCUT2D eigenvalue weighted by atomic mass is 10.2. The lowest BCUT2D eigenvalue weighted by Crippen LogP contribution is -2.58. The van der Waals surface area contributed by atoms with Gasteiger partial charge in [-0.25, -0.2) is 14.4 Å². The topological polar surface area (TPSA) is 157 Å². The average Bonchev–Trinajstić information content (AvgIpc) is 2.35. The zero-order valence-electron chi connectivity index (χ0n) is 14.0. The second-order valence-corrected chi connectivity index (χ2v) is 6.95. The Hall–Kier alpha value is -1.46. The molecule has 10 nitrogen and oxygen atoms in total. The van der Waals surface area contributed by atoms with Crippen LogP contribution in [0.4, 0.5) is 0 Å². The van der Waals surface area contributed by atoms with Crippen molar-refractivity contribution in [2.45, 2.75) is 56.3 Å². The van der Waals surface area contributed by atoms with E-state index in [0.29, 0.717) is 6.92 Å². The smallest absolute Gasteiger partial charge is 0.364 e. The fourth-order valence-electron chi connectivity index (χ4n) is 1.43. The van der Waals surface area contributed by atoms with Gasteiger partial charge in [-0.05, 0) is 20.8 Å². The molecule has 0 rings (SSSR count). The second-order valence-electron chi connectivity index (χ2n) is 5.50. The van der Waals surface area contributed by atoms with Crippen LogP contribution in [0.3, 0.4) is 0 Å². The van der Waals surface area contributed by atoms with E-state index in [1.807, 2.05) is 0 Å². The summed E-state index contributed by atoms with van der Waals surface area (Å²) >= 11 is 11.3. The molecule has 0 heterocycles. The standard InChI is InChI=1S/C13H18Cl2O10/c1-6(16)10(2,14)23-12(4,8(19)20)25-13(5,9(21)22)24-11(3,15)7(17)18/h1-5H3,(H,17,18)(H,19,20)(H,21,22). The first-order chi connectivity index (χ1) is 10.9. The third kappa shape index (κ3) is 5.79. The Bertz CT molecular complexity index is 537. The summed E-state index contributed by atoms with van der Waals surface area (Å²) in [6.45, 7) is 4.30. The van der Waals surface area contributed by atoms with Gasteiger partial charge in [0.2, 0.25) is 10.1 Å². The van der Waals surface area contributed by atoms with Gasteiger partial charge >= 0.3 is 17.9 Å². The number of hydrogen-bond donors (Lipinski definition) is 3. The molecule has 4 atom stereocenters. The number of Topliss-reactive ketones (excluding diaryl/α,β-unsaturated/α-hetero) is 1. The quantitative estimate of drug-likeness (QED) is 0.357. The Balaban J connectivity index is 5.91. The van der Waals surface area contributed by atoms with Crippen LogP contribution in [0.2, 0.25) is 0 Å². The number of carbonyl (C=O) groups excluding carboxylic acids is 1.